The quantitative estimate of drug-likeness (QED) is 0.453. The van der Waals surface area contributed by atoms with Crippen molar-refractivity contribution in [1.82, 2.24) is 0 Å². The van der Waals surface area contributed by atoms with Crippen LogP contribution in [-0.2, 0) is 0 Å². The third kappa shape index (κ3) is 5.92. The minimum Gasteiger partial charge on any atom is -0.454 e. The van der Waals surface area contributed by atoms with E-state index < -0.39 is 0 Å². The van der Waals surface area contributed by atoms with E-state index in [4.69, 9.17) is 4.42 Å². The fourth-order valence-electron chi connectivity index (χ4n) is 2.08. The lowest BCUT2D eigenvalue weighted by Crippen LogP contribution is -2.08. The highest BCUT2D eigenvalue weighted by molar-refractivity contribution is 6.08. The molecule has 136 valence electrons. The first-order valence-corrected chi connectivity index (χ1v) is 9.35. The van der Waals surface area contributed by atoms with Gasteiger partial charge in [0, 0.05) is 24.9 Å². The number of hydrogen-bond acceptors (Lipinski definition) is 2. The van der Waals surface area contributed by atoms with Crippen molar-refractivity contribution in [2.45, 2.75) is 55.4 Å². The summed E-state index contributed by atoms with van der Waals surface area (Å²) < 4.78 is 5.90. The number of hydrogen-bond donors (Lipinski definition) is 0. The Labute approximate surface area is 149 Å². The largest absolute Gasteiger partial charge is 0.454 e. The van der Waals surface area contributed by atoms with E-state index in [0.717, 1.165) is 16.9 Å². The fourth-order valence-corrected chi connectivity index (χ4v) is 2.08. The first kappa shape index (κ1) is 24.3. The minimum atomic E-state index is 0.951. The predicted molar refractivity (Wildman–Crippen MR) is 113 cm³/mol. The van der Waals surface area contributed by atoms with Crippen LogP contribution in [0.15, 0.2) is 46.9 Å². The van der Waals surface area contributed by atoms with E-state index in [9.17, 15) is 0 Å². The van der Waals surface area contributed by atoms with Crippen LogP contribution in [0.5, 0.6) is 0 Å². The molecule has 2 aromatic carbocycles. The van der Waals surface area contributed by atoms with Gasteiger partial charge in [-0.2, -0.15) is 0 Å². The number of anilines is 1. The van der Waals surface area contributed by atoms with Crippen molar-refractivity contribution < 1.29 is 4.42 Å². The number of rotatable bonds is 1. The molecular formula is C22H37NO. The van der Waals surface area contributed by atoms with Crippen molar-refractivity contribution in [1.29, 1.82) is 0 Å². The summed E-state index contributed by atoms with van der Waals surface area (Å²) in [5.41, 5.74) is 3.04. The molecular weight excluding hydrogens is 294 g/mol. The second-order valence-electron chi connectivity index (χ2n) is 4.15. The first-order valence-electron chi connectivity index (χ1n) is 9.35. The molecule has 24 heavy (non-hydrogen) atoms. The molecule has 0 saturated carbocycles. The zero-order valence-corrected chi connectivity index (χ0v) is 17.4. The number of nitrogens with zero attached hydrogens (tertiary/aromatic N) is 1. The zero-order valence-electron chi connectivity index (χ0n) is 17.4. The maximum Gasteiger partial charge on any atom is 0.158 e. The second-order valence-corrected chi connectivity index (χ2v) is 4.15. The standard InChI is InChI=1S/C14H13NO.4C2H6/c1-15(2)12-8-5-7-11-10-6-3-4-9-13(10)16-14(11)12;4*1-2/h3-9H,1-2H3;4*1-2H3. The van der Waals surface area contributed by atoms with Crippen molar-refractivity contribution in [3.63, 3.8) is 0 Å². The molecule has 3 rings (SSSR count). The SMILES string of the molecule is CC.CC.CC.CC.CN(C)c1cccc2c1oc1ccccc12. The molecule has 0 radical (unpaired) electrons. The molecule has 0 amide bonds. The molecule has 1 aromatic heterocycles. The number of benzene rings is 2. The van der Waals surface area contributed by atoms with Crippen LogP contribution >= 0.6 is 0 Å². The van der Waals surface area contributed by atoms with Gasteiger partial charge in [-0.3, -0.25) is 0 Å². The summed E-state index contributed by atoms with van der Waals surface area (Å²) in [6.45, 7) is 16.0. The lowest BCUT2D eigenvalue weighted by Gasteiger charge is -2.11. The highest BCUT2D eigenvalue weighted by Crippen LogP contribution is 2.33. The Morgan fingerprint density at radius 1 is 0.625 bits per heavy atom. The van der Waals surface area contributed by atoms with Crippen LogP contribution in [0.3, 0.4) is 0 Å². The summed E-state index contributed by atoms with van der Waals surface area (Å²) in [6.07, 6.45) is 0. The number of furan rings is 1. The lowest BCUT2D eigenvalue weighted by atomic mass is 10.1. The zero-order chi connectivity index (χ0) is 19.1. The van der Waals surface area contributed by atoms with Gasteiger partial charge in [0.05, 0.1) is 5.69 Å². The average molecular weight is 332 g/mol. The van der Waals surface area contributed by atoms with E-state index in [1.165, 1.54) is 10.8 Å². The summed E-state index contributed by atoms with van der Waals surface area (Å²) in [6, 6.07) is 14.4. The molecule has 0 unspecified atom stereocenters. The van der Waals surface area contributed by atoms with Gasteiger partial charge in [-0.05, 0) is 12.1 Å². The van der Waals surface area contributed by atoms with Gasteiger partial charge in [0.15, 0.2) is 5.58 Å². The van der Waals surface area contributed by atoms with Crippen LogP contribution in [0.1, 0.15) is 55.4 Å². The van der Waals surface area contributed by atoms with Crippen LogP contribution in [0.4, 0.5) is 5.69 Å². The third-order valence-electron chi connectivity index (χ3n) is 2.87. The first-order chi connectivity index (χ1) is 11.8. The molecule has 1 heterocycles. The Hall–Kier alpha value is -1.96. The Balaban J connectivity index is 0. The highest BCUT2D eigenvalue weighted by atomic mass is 16.3. The molecule has 0 spiro atoms. The summed E-state index contributed by atoms with van der Waals surface area (Å²) in [4.78, 5) is 2.07. The third-order valence-corrected chi connectivity index (χ3v) is 2.87. The molecule has 0 saturated heterocycles. The molecule has 0 aliphatic heterocycles. The van der Waals surface area contributed by atoms with Crippen LogP contribution in [0.2, 0.25) is 0 Å². The minimum absolute atomic E-state index is 0.951. The van der Waals surface area contributed by atoms with E-state index in [1.807, 2.05) is 87.7 Å². The van der Waals surface area contributed by atoms with Gasteiger partial charge in [-0.25, -0.2) is 0 Å². The molecule has 3 aromatic rings. The monoisotopic (exact) mass is 331 g/mol. The molecule has 0 aliphatic carbocycles. The molecule has 0 N–H and O–H groups in total. The summed E-state index contributed by atoms with van der Waals surface area (Å²) in [5, 5.41) is 2.36. The van der Waals surface area contributed by atoms with Gasteiger partial charge in [0.25, 0.3) is 0 Å². The molecule has 2 heteroatoms. The normalized spacial score (nSPS) is 8.42. The smallest absolute Gasteiger partial charge is 0.158 e. The number of para-hydroxylation sites is 2. The molecule has 0 fully saturated rings. The molecule has 0 aliphatic rings. The van der Waals surface area contributed by atoms with E-state index in [-0.39, 0.29) is 0 Å². The summed E-state index contributed by atoms with van der Waals surface area (Å²) >= 11 is 0. The van der Waals surface area contributed by atoms with Crippen molar-refractivity contribution in [3.8, 4) is 0 Å². The predicted octanol–water partition coefficient (Wildman–Crippen LogP) is 7.76. The summed E-state index contributed by atoms with van der Waals surface area (Å²) in [7, 11) is 4.06. The Kier molecular flexibility index (Phi) is 14.8. The Bertz CT molecular complexity index is 653. The molecule has 0 atom stereocenters. The Morgan fingerprint density at radius 2 is 1.12 bits per heavy atom. The second kappa shape index (κ2) is 14.6. The Morgan fingerprint density at radius 3 is 1.67 bits per heavy atom. The van der Waals surface area contributed by atoms with E-state index >= 15 is 0 Å². The van der Waals surface area contributed by atoms with E-state index in [1.54, 1.807) is 0 Å². The lowest BCUT2D eigenvalue weighted by molar-refractivity contribution is 0.668. The van der Waals surface area contributed by atoms with Crippen molar-refractivity contribution >= 4 is 27.6 Å². The highest BCUT2D eigenvalue weighted by Gasteiger charge is 2.10. The maximum absolute atomic E-state index is 5.90. The van der Waals surface area contributed by atoms with Crippen LogP contribution < -0.4 is 4.90 Å². The maximum atomic E-state index is 5.90. The molecule has 0 bridgehead atoms. The van der Waals surface area contributed by atoms with E-state index in [0.29, 0.717) is 0 Å². The van der Waals surface area contributed by atoms with Gasteiger partial charge >= 0.3 is 0 Å². The summed E-state index contributed by atoms with van der Waals surface area (Å²) in [5.74, 6) is 0. The topological polar surface area (TPSA) is 16.4 Å². The van der Waals surface area contributed by atoms with Gasteiger partial charge in [-0.15, -0.1) is 0 Å². The van der Waals surface area contributed by atoms with Crippen LogP contribution in [-0.4, -0.2) is 14.1 Å². The van der Waals surface area contributed by atoms with Crippen molar-refractivity contribution in [3.05, 3.63) is 42.5 Å². The number of fused-ring (bicyclic) bond motifs is 3. The fraction of sp³-hybridized carbons (Fsp3) is 0.455. The van der Waals surface area contributed by atoms with Crippen LogP contribution in [0, 0.1) is 0 Å². The van der Waals surface area contributed by atoms with Gasteiger partial charge in [0.1, 0.15) is 5.58 Å². The van der Waals surface area contributed by atoms with Crippen molar-refractivity contribution in [2.24, 2.45) is 0 Å². The van der Waals surface area contributed by atoms with Crippen molar-refractivity contribution in [2.75, 3.05) is 19.0 Å². The molecule has 2 nitrogen and oxygen atoms in total. The van der Waals surface area contributed by atoms with Gasteiger partial charge in [0.2, 0.25) is 0 Å². The van der Waals surface area contributed by atoms with Crippen LogP contribution in [0.25, 0.3) is 21.9 Å². The van der Waals surface area contributed by atoms with E-state index in [2.05, 4.69) is 29.2 Å². The van der Waals surface area contributed by atoms with Gasteiger partial charge < -0.3 is 9.32 Å². The average Bonchev–Trinajstić information content (AvgIpc) is 3.07. The van der Waals surface area contributed by atoms with Gasteiger partial charge in [-0.1, -0.05) is 85.7 Å².